The number of ether oxygens (including phenoxy) is 1. The number of thioether (sulfide) groups is 1. The second-order valence-corrected chi connectivity index (χ2v) is 7.49. The monoisotopic (exact) mass is 392 g/mol. The summed E-state index contributed by atoms with van der Waals surface area (Å²) >= 11 is 1.38. The Morgan fingerprint density at radius 2 is 1.86 bits per heavy atom. The molecule has 0 saturated heterocycles. The number of nitrogens with zero attached hydrogens (tertiary/aromatic N) is 1. The Kier molecular flexibility index (Phi) is 6.17. The molecular weight excluding hydrogens is 372 g/mol. The van der Waals surface area contributed by atoms with Crippen LogP contribution in [0.15, 0.2) is 65.2 Å². The molecule has 0 aliphatic carbocycles. The average Bonchev–Trinajstić information content (AvgIpc) is 2.72. The third-order valence-corrected chi connectivity index (χ3v) is 5.73. The molecule has 0 spiro atoms. The van der Waals surface area contributed by atoms with Crippen LogP contribution in [-0.4, -0.2) is 19.0 Å². The van der Waals surface area contributed by atoms with Crippen molar-refractivity contribution in [3.8, 4) is 6.07 Å². The molecular formula is C22H20N2O3S. The van der Waals surface area contributed by atoms with Gasteiger partial charge in [-0.2, -0.15) is 5.26 Å². The molecule has 1 amide bonds. The summed E-state index contributed by atoms with van der Waals surface area (Å²) in [6, 6.07) is 19.5. The fourth-order valence-corrected chi connectivity index (χ4v) is 4.19. The normalized spacial score (nSPS) is 19.0. The molecule has 0 bridgehead atoms. The summed E-state index contributed by atoms with van der Waals surface area (Å²) < 4.78 is 4.85. The fourth-order valence-electron chi connectivity index (χ4n) is 3.18. The molecule has 2 aromatic carbocycles. The zero-order valence-electron chi connectivity index (χ0n) is 15.6. The largest absolute Gasteiger partial charge is 0.468 e. The number of aryl methyl sites for hydroxylation is 1. The van der Waals surface area contributed by atoms with Gasteiger partial charge in [0, 0.05) is 11.7 Å². The number of hydrogen-bond donors (Lipinski definition) is 1. The molecule has 3 rings (SSSR count). The van der Waals surface area contributed by atoms with E-state index in [0.29, 0.717) is 16.4 Å². The Balaban J connectivity index is 2.02. The van der Waals surface area contributed by atoms with Crippen molar-refractivity contribution < 1.29 is 14.3 Å². The van der Waals surface area contributed by atoms with Crippen LogP contribution in [0.5, 0.6) is 0 Å². The second kappa shape index (κ2) is 8.77. The number of benzene rings is 2. The Bertz CT molecular complexity index is 946. The third kappa shape index (κ3) is 4.10. The molecule has 0 saturated carbocycles. The molecule has 1 heterocycles. The highest BCUT2D eigenvalue weighted by Gasteiger charge is 2.44. The topological polar surface area (TPSA) is 79.2 Å². The molecule has 2 atom stereocenters. The summed E-state index contributed by atoms with van der Waals surface area (Å²) in [7, 11) is 1.25. The zero-order chi connectivity index (χ0) is 20.1. The van der Waals surface area contributed by atoms with Crippen LogP contribution < -0.4 is 5.32 Å². The molecule has 0 radical (unpaired) electrons. The highest BCUT2D eigenvalue weighted by molar-refractivity contribution is 8.02. The van der Waals surface area contributed by atoms with Gasteiger partial charge >= 0.3 is 5.97 Å². The van der Waals surface area contributed by atoms with Gasteiger partial charge in [0.05, 0.1) is 23.8 Å². The molecule has 5 nitrogen and oxygen atoms in total. The molecule has 6 heteroatoms. The molecule has 0 aromatic heterocycles. The van der Waals surface area contributed by atoms with Crippen LogP contribution in [0.2, 0.25) is 0 Å². The number of carbonyl (C=O) groups is 2. The van der Waals surface area contributed by atoms with Crippen molar-refractivity contribution >= 4 is 23.6 Å². The lowest BCUT2D eigenvalue weighted by molar-refractivity contribution is -0.150. The number of rotatable bonds is 5. The van der Waals surface area contributed by atoms with E-state index in [9.17, 15) is 14.9 Å². The van der Waals surface area contributed by atoms with Gasteiger partial charge in [0.2, 0.25) is 5.91 Å². The molecule has 1 N–H and O–H groups in total. The van der Waals surface area contributed by atoms with Gasteiger partial charge in [0.1, 0.15) is 5.92 Å². The van der Waals surface area contributed by atoms with Crippen LogP contribution >= 0.6 is 11.8 Å². The SMILES string of the molecule is COC(=O)[C@H]1C(=O)NC(SCc2ccccc2)=C(C#N)[C@H]1c1ccc(C)cc1. The van der Waals surface area contributed by atoms with Crippen LogP contribution in [0.3, 0.4) is 0 Å². The standard InChI is InChI=1S/C22H20N2O3S/c1-14-8-10-16(11-9-14)18-17(12-23)21(24-20(25)19(18)22(26)27-2)28-13-15-6-4-3-5-7-15/h3-11,18-19H,13H2,1-2H3,(H,24,25)/t18-,19-/m1/s1. The summed E-state index contributed by atoms with van der Waals surface area (Å²) in [5.41, 5.74) is 3.25. The van der Waals surface area contributed by atoms with Crippen molar-refractivity contribution in [3.05, 3.63) is 81.9 Å². The van der Waals surface area contributed by atoms with Gasteiger partial charge in [-0.1, -0.05) is 60.2 Å². The Hall–Kier alpha value is -3.04. The smallest absolute Gasteiger partial charge is 0.319 e. The van der Waals surface area contributed by atoms with Crippen LogP contribution in [0.1, 0.15) is 22.6 Å². The fraction of sp³-hybridized carbons (Fsp3) is 0.227. The number of methoxy groups -OCH3 is 1. The van der Waals surface area contributed by atoms with Crippen LogP contribution in [-0.2, 0) is 20.1 Å². The minimum absolute atomic E-state index is 0.375. The highest BCUT2D eigenvalue weighted by atomic mass is 32.2. The Morgan fingerprint density at radius 3 is 2.46 bits per heavy atom. The predicted molar refractivity (Wildman–Crippen MR) is 108 cm³/mol. The van der Waals surface area contributed by atoms with E-state index in [1.807, 2.05) is 61.5 Å². The van der Waals surface area contributed by atoms with Crippen LogP contribution in [0.4, 0.5) is 0 Å². The van der Waals surface area contributed by atoms with E-state index in [-0.39, 0.29) is 0 Å². The lowest BCUT2D eigenvalue weighted by atomic mass is 9.78. The van der Waals surface area contributed by atoms with E-state index < -0.39 is 23.7 Å². The van der Waals surface area contributed by atoms with Gasteiger partial charge in [-0.15, -0.1) is 11.8 Å². The zero-order valence-corrected chi connectivity index (χ0v) is 16.5. The average molecular weight is 392 g/mol. The first-order valence-electron chi connectivity index (χ1n) is 8.81. The lowest BCUT2D eigenvalue weighted by Gasteiger charge is -2.31. The van der Waals surface area contributed by atoms with Crippen molar-refractivity contribution in [2.24, 2.45) is 5.92 Å². The predicted octanol–water partition coefficient (Wildman–Crippen LogP) is 3.67. The minimum atomic E-state index is -1.09. The molecule has 142 valence electrons. The first kappa shape index (κ1) is 19.7. The van der Waals surface area contributed by atoms with Gasteiger partial charge in [-0.05, 0) is 18.1 Å². The molecule has 1 aliphatic heterocycles. The number of hydrogen-bond acceptors (Lipinski definition) is 5. The van der Waals surface area contributed by atoms with Gasteiger partial charge < -0.3 is 10.1 Å². The highest BCUT2D eigenvalue weighted by Crippen LogP contribution is 2.40. The molecule has 1 aliphatic rings. The summed E-state index contributed by atoms with van der Waals surface area (Å²) in [5, 5.41) is 13.1. The first-order chi connectivity index (χ1) is 13.5. The summed E-state index contributed by atoms with van der Waals surface area (Å²) in [4.78, 5) is 25.1. The number of allylic oxidation sites excluding steroid dienone is 1. The maximum absolute atomic E-state index is 12.8. The summed E-state index contributed by atoms with van der Waals surface area (Å²) in [6.45, 7) is 1.96. The van der Waals surface area contributed by atoms with Crippen molar-refractivity contribution in [1.82, 2.24) is 5.32 Å². The van der Waals surface area contributed by atoms with Crippen molar-refractivity contribution in [2.45, 2.75) is 18.6 Å². The quantitative estimate of drug-likeness (QED) is 0.620. The maximum Gasteiger partial charge on any atom is 0.319 e. The van der Waals surface area contributed by atoms with Gasteiger partial charge in [0.25, 0.3) is 0 Å². The number of carbonyl (C=O) groups excluding carboxylic acids is 2. The van der Waals surface area contributed by atoms with Crippen LogP contribution in [0, 0.1) is 24.2 Å². The Morgan fingerprint density at radius 1 is 1.18 bits per heavy atom. The lowest BCUT2D eigenvalue weighted by Crippen LogP contribution is -2.44. The van der Waals surface area contributed by atoms with Gasteiger partial charge in [-0.3, -0.25) is 9.59 Å². The molecule has 0 fully saturated rings. The van der Waals surface area contributed by atoms with E-state index in [2.05, 4.69) is 11.4 Å². The van der Waals surface area contributed by atoms with E-state index >= 15 is 0 Å². The van der Waals surface area contributed by atoms with Crippen molar-refractivity contribution in [1.29, 1.82) is 5.26 Å². The van der Waals surface area contributed by atoms with E-state index in [4.69, 9.17) is 4.74 Å². The minimum Gasteiger partial charge on any atom is -0.468 e. The third-order valence-electron chi connectivity index (χ3n) is 4.65. The molecule has 0 unspecified atom stereocenters. The van der Waals surface area contributed by atoms with E-state index in [0.717, 1.165) is 16.7 Å². The molecule has 2 aromatic rings. The Labute approximate surface area is 168 Å². The first-order valence-corrected chi connectivity index (χ1v) is 9.80. The number of nitriles is 1. The number of nitrogens with one attached hydrogen (secondary N) is 1. The van der Waals surface area contributed by atoms with Crippen LogP contribution in [0.25, 0.3) is 0 Å². The number of amides is 1. The second-order valence-electron chi connectivity index (χ2n) is 6.51. The van der Waals surface area contributed by atoms with Crippen molar-refractivity contribution in [2.75, 3.05) is 7.11 Å². The van der Waals surface area contributed by atoms with Gasteiger partial charge in [0.15, 0.2) is 0 Å². The molecule has 28 heavy (non-hydrogen) atoms. The summed E-state index contributed by atoms with van der Waals surface area (Å²) in [6.07, 6.45) is 0. The maximum atomic E-state index is 12.8. The number of esters is 1. The van der Waals surface area contributed by atoms with Crippen molar-refractivity contribution in [3.63, 3.8) is 0 Å². The van der Waals surface area contributed by atoms with E-state index in [1.165, 1.54) is 18.9 Å². The summed E-state index contributed by atoms with van der Waals surface area (Å²) in [5.74, 6) is -2.27. The van der Waals surface area contributed by atoms with Gasteiger partial charge in [-0.25, -0.2) is 0 Å². The van der Waals surface area contributed by atoms with E-state index in [1.54, 1.807) is 0 Å².